The van der Waals surface area contributed by atoms with Crippen LogP contribution in [-0.4, -0.2) is 19.0 Å². The van der Waals surface area contributed by atoms with E-state index in [4.69, 9.17) is 11.6 Å². The first kappa shape index (κ1) is 14.0. The van der Waals surface area contributed by atoms with Gasteiger partial charge in [0.2, 0.25) is 5.91 Å². The molecule has 17 heavy (non-hydrogen) atoms. The summed E-state index contributed by atoms with van der Waals surface area (Å²) >= 11 is 6.01. The molecular formula is C13H19ClN2O. The minimum absolute atomic E-state index is 0.0302. The minimum Gasteiger partial charge on any atom is -0.352 e. The molecule has 1 amide bonds. The van der Waals surface area contributed by atoms with Gasteiger partial charge in [-0.2, -0.15) is 0 Å². The van der Waals surface area contributed by atoms with Crippen molar-refractivity contribution in [3.05, 3.63) is 34.9 Å². The maximum atomic E-state index is 11.7. The summed E-state index contributed by atoms with van der Waals surface area (Å²) in [6.07, 6.45) is 0. The number of rotatable bonds is 6. The van der Waals surface area contributed by atoms with E-state index in [0.717, 1.165) is 12.1 Å². The molecule has 0 spiro atoms. The standard InChI is InChI=1S/C13H19ClN2O/c1-3-15-8-10(2)13(17)16-9-11-6-4-5-7-12(11)14/h4-7,10,15H,3,8-9H2,1-2H3,(H,16,17). The monoisotopic (exact) mass is 254 g/mol. The first-order valence-corrected chi connectivity index (χ1v) is 6.24. The number of nitrogens with one attached hydrogen (secondary N) is 2. The van der Waals surface area contributed by atoms with Crippen LogP contribution in [-0.2, 0) is 11.3 Å². The maximum absolute atomic E-state index is 11.7. The Morgan fingerprint density at radius 3 is 2.76 bits per heavy atom. The van der Waals surface area contributed by atoms with Gasteiger partial charge < -0.3 is 10.6 Å². The Labute approximate surface area is 108 Å². The molecule has 0 aliphatic heterocycles. The number of hydrogen-bond donors (Lipinski definition) is 2. The van der Waals surface area contributed by atoms with E-state index in [2.05, 4.69) is 10.6 Å². The second kappa shape index (κ2) is 7.30. The van der Waals surface area contributed by atoms with Crippen LogP contribution in [0.2, 0.25) is 5.02 Å². The van der Waals surface area contributed by atoms with Gasteiger partial charge in [-0.05, 0) is 18.2 Å². The highest BCUT2D eigenvalue weighted by Crippen LogP contribution is 2.14. The summed E-state index contributed by atoms with van der Waals surface area (Å²) in [6.45, 7) is 5.99. The number of amides is 1. The third kappa shape index (κ3) is 4.75. The molecule has 0 aromatic heterocycles. The summed E-state index contributed by atoms with van der Waals surface area (Å²) < 4.78 is 0. The van der Waals surface area contributed by atoms with Crippen molar-refractivity contribution in [2.24, 2.45) is 5.92 Å². The molecule has 1 atom stereocenters. The third-order valence-electron chi connectivity index (χ3n) is 2.56. The van der Waals surface area contributed by atoms with Crippen LogP contribution in [0.15, 0.2) is 24.3 Å². The number of hydrogen-bond acceptors (Lipinski definition) is 2. The molecular weight excluding hydrogens is 236 g/mol. The van der Waals surface area contributed by atoms with Crippen LogP contribution in [0.25, 0.3) is 0 Å². The zero-order valence-electron chi connectivity index (χ0n) is 10.3. The van der Waals surface area contributed by atoms with Crippen LogP contribution < -0.4 is 10.6 Å². The first-order valence-electron chi connectivity index (χ1n) is 5.87. The average molecular weight is 255 g/mol. The second-order valence-corrected chi connectivity index (χ2v) is 4.43. The zero-order valence-corrected chi connectivity index (χ0v) is 11.1. The Morgan fingerprint density at radius 2 is 2.12 bits per heavy atom. The van der Waals surface area contributed by atoms with E-state index in [0.29, 0.717) is 18.1 Å². The van der Waals surface area contributed by atoms with Crippen LogP contribution in [0.3, 0.4) is 0 Å². The number of carbonyl (C=O) groups is 1. The van der Waals surface area contributed by atoms with Crippen molar-refractivity contribution in [1.82, 2.24) is 10.6 Å². The molecule has 1 aromatic rings. The van der Waals surface area contributed by atoms with Crippen molar-refractivity contribution < 1.29 is 4.79 Å². The lowest BCUT2D eigenvalue weighted by Crippen LogP contribution is -2.34. The van der Waals surface area contributed by atoms with E-state index in [9.17, 15) is 4.79 Å². The topological polar surface area (TPSA) is 41.1 Å². The lowest BCUT2D eigenvalue weighted by Gasteiger charge is -2.12. The molecule has 0 saturated heterocycles. The number of benzene rings is 1. The Hall–Kier alpha value is -1.06. The fourth-order valence-corrected chi connectivity index (χ4v) is 1.65. The summed E-state index contributed by atoms with van der Waals surface area (Å²) in [7, 11) is 0. The molecule has 0 bridgehead atoms. The van der Waals surface area contributed by atoms with Crippen LogP contribution in [0.1, 0.15) is 19.4 Å². The molecule has 0 radical (unpaired) electrons. The summed E-state index contributed by atoms with van der Waals surface area (Å²) in [5.74, 6) is 0.0170. The fourth-order valence-electron chi connectivity index (χ4n) is 1.45. The summed E-state index contributed by atoms with van der Waals surface area (Å²) in [5.41, 5.74) is 0.943. The lowest BCUT2D eigenvalue weighted by atomic mass is 10.1. The molecule has 1 rings (SSSR count). The number of carbonyl (C=O) groups excluding carboxylic acids is 1. The quantitative estimate of drug-likeness (QED) is 0.817. The van der Waals surface area contributed by atoms with E-state index in [1.165, 1.54) is 0 Å². The van der Waals surface area contributed by atoms with Gasteiger partial charge in [-0.25, -0.2) is 0 Å². The van der Waals surface area contributed by atoms with E-state index in [1.807, 2.05) is 38.1 Å². The van der Waals surface area contributed by atoms with Crippen molar-refractivity contribution >= 4 is 17.5 Å². The van der Waals surface area contributed by atoms with Crippen LogP contribution in [0.5, 0.6) is 0 Å². The summed E-state index contributed by atoms with van der Waals surface area (Å²) in [4.78, 5) is 11.7. The predicted octanol–water partition coefficient (Wildman–Crippen LogP) is 2.20. The molecule has 0 fully saturated rings. The molecule has 4 heteroatoms. The molecule has 3 nitrogen and oxygen atoms in total. The van der Waals surface area contributed by atoms with Gasteiger partial charge in [0.05, 0.1) is 0 Å². The molecule has 0 saturated carbocycles. The Morgan fingerprint density at radius 1 is 1.41 bits per heavy atom. The third-order valence-corrected chi connectivity index (χ3v) is 2.93. The zero-order chi connectivity index (χ0) is 12.7. The molecule has 0 aliphatic rings. The normalized spacial score (nSPS) is 12.2. The van der Waals surface area contributed by atoms with Crippen molar-refractivity contribution in [2.45, 2.75) is 20.4 Å². The highest BCUT2D eigenvalue weighted by Gasteiger charge is 2.11. The fraction of sp³-hybridized carbons (Fsp3) is 0.462. The van der Waals surface area contributed by atoms with Crippen molar-refractivity contribution in [3.63, 3.8) is 0 Å². The van der Waals surface area contributed by atoms with Gasteiger partial charge in [-0.1, -0.05) is 43.6 Å². The van der Waals surface area contributed by atoms with Gasteiger partial charge in [0.15, 0.2) is 0 Å². The largest absolute Gasteiger partial charge is 0.352 e. The molecule has 0 aliphatic carbocycles. The highest BCUT2D eigenvalue weighted by atomic mass is 35.5. The Kier molecular flexibility index (Phi) is 6.01. The SMILES string of the molecule is CCNCC(C)C(=O)NCc1ccccc1Cl. The Balaban J connectivity index is 2.40. The number of halogens is 1. The molecule has 1 unspecified atom stereocenters. The smallest absolute Gasteiger partial charge is 0.224 e. The minimum atomic E-state index is -0.0302. The van der Waals surface area contributed by atoms with E-state index in [-0.39, 0.29) is 11.8 Å². The first-order chi connectivity index (χ1) is 8.15. The van der Waals surface area contributed by atoms with Gasteiger partial charge in [-0.3, -0.25) is 4.79 Å². The van der Waals surface area contributed by atoms with Gasteiger partial charge in [0, 0.05) is 24.0 Å². The van der Waals surface area contributed by atoms with Gasteiger partial charge >= 0.3 is 0 Å². The average Bonchev–Trinajstić information content (AvgIpc) is 2.34. The second-order valence-electron chi connectivity index (χ2n) is 4.02. The van der Waals surface area contributed by atoms with E-state index in [1.54, 1.807) is 0 Å². The maximum Gasteiger partial charge on any atom is 0.224 e. The van der Waals surface area contributed by atoms with Crippen LogP contribution in [0.4, 0.5) is 0 Å². The van der Waals surface area contributed by atoms with E-state index < -0.39 is 0 Å². The predicted molar refractivity (Wildman–Crippen MR) is 71.0 cm³/mol. The van der Waals surface area contributed by atoms with Crippen molar-refractivity contribution in [2.75, 3.05) is 13.1 Å². The van der Waals surface area contributed by atoms with Crippen LogP contribution in [0, 0.1) is 5.92 Å². The lowest BCUT2D eigenvalue weighted by molar-refractivity contribution is -0.124. The van der Waals surface area contributed by atoms with Gasteiger partial charge in [0.1, 0.15) is 0 Å². The summed E-state index contributed by atoms with van der Waals surface area (Å²) in [5, 5.41) is 6.72. The Bertz CT molecular complexity index is 368. The van der Waals surface area contributed by atoms with Crippen molar-refractivity contribution in [3.8, 4) is 0 Å². The van der Waals surface area contributed by atoms with E-state index >= 15 is 0 Å². The van der Waals surface area contributed by atoms with Crippen molar-refractivity contribution in [1.29, 1.82) is 0 Å². The molecule has 2 N–H and O–H groups in total. The molecule has 94 valence electrons. The van der Waals surface area contributed by atoms with Gasteiger partial charge in [0.25, 0.3) is 0 Å². The molecule has 1 aromatic carbocycles. The summed E-state index contributed by atoms with van der Waals surface area (Å²) in [6, 6.07) is 7.53. The highest BCUT2D eigenvalue weighted by molar-refractivity contribution is 6.31. The van der Waals surface area contributed by atoms with Crippen LogP contribution >= 0.6 is 11.6 Å². The van der Waals surface area contributed by atoms with Gasteiger partial charge in [-0.15, -0.1) is 0 Å². The molecule has 0 heterocycles.